The molecule has 0 saturated carbocycles. The van der Waals surface area contributed by atoms with Gasteiger partial charge < -0.3 is 9.26 Å². The van der Waals surface area contributed by atoms with E-state index in [1.807, 2.05) is 62.5 Å². The average molecular weight is 340 g/mol. The third kappa shape index (κ3) is 7.84. The molecular weight excluding hydrogens is 312 g/mol. The van der Waals surface area contributed by atoms with Crippen LogP contribution in [-0.2, 0) is 6.42 Å². The molecule has 0 spiro atoms. The van der Waals surface area contributed by atoms with Gasteiger partial charge in [-0.2, -0.15) is 0 Å². The van der Waals surface area contributed by atoms with Crippen molar-refractivity contribution in [2.75, 3.05) is 6.61 Å². The van der Waals surface area contributed by atoms with Gasteiger partial charge in [0.15, 0.2) is 0 Å². The lowest BCUT2D eigenvalue weighted by atomic mass is 10.1. The minimum absolute atomic E-state index is 0.698. The quantitative estimate of drug-likeness (QED) is 0.398. The third-order valence-corrected chi connectivity index (χ3v) is 3.85. The standard InChI is InChI=1S/C21H28N2O2/c1-3-4-8-11-19-13-14-21(22-17-19)24-15-10-7-5-6-9-12-20-16-18(2)23-25-20/h3-4,8,11,13-14,16-17H,5-7,9-10,12,15H2,1-2H3/b4-3-,11-8-. The monoisotopic (exact) mass is 340 g/mol. The van der Waals surface area contributed by atoms with Crippen LogP contribution in [0.4, 0.5) is 0 Å². The molecule has 0 saturated heterocycles. The van der Waals surface area contributed by atoms with E-state index >= 15 is 0 Å². The van der Waals surface area contributed by atoms with E-state index in [0.717, 1.165) is 42.9 Å². The summed E-state index contributed by atoms with van der Waals surface area (Å²) in [6.07, 6.45) is 16.7. The molecule has 0 aliphatic carbocycles. The summed E-state index contributed by atoms with van der Waals surface area (Å²) in [6, 6.07) is 5.96. The smallest absolute Gasteiger partial charge is 0.213 e. The van der Waals surface area contributed by atoms with Crippen molar-refractivity contribution in [2.24, 2.45) is 0 Å². The molecule has 134 valence electrons. The van der Waals surface area contributed by atoms with Gasteiger partial charge in [0.25, 0.3) is 0 Å². The maximum absolute atomic E-state index is 5.69. The zero-order valence-corrected chi connectivity index (χ0v) is 15.3. The Bertz CT molecular complexity index is 657. The van der Waals surface area contributed by atoms with Crippen LogP contribution < -0.4 is 4.74 Å². The summed E-state index contributed by atoms with van der Waals surface area (Å²) in [5, 5.41) is 3.90. The van der Waals surface area contributed by atoms with Crippen molar-refractivity contribution in [3.05, 3.63) is 59.6 Å². The fourth-order valence-corrected chi connectivity index (χ4v) is 2.50. The van der Waals surface area contributed by atoms with Crippen LogP contribution in [0.2, 0.25) is 0 Å². The maximum atomic E-state index is 5.69. The zero-order valence-electron chi connectivity index (χ0n) is 15.3. The van der Waals surface area contributed by atoms with Gasteiger partial charge in [-0.1, -0.05) is 48.7 Å². The predicted octanol–water partition coefficient (Wildman–Crippen LogP) is 5.54. The molecule has 0 radical (unpaired) electrons. The maximum Gasteiger partial charge on any atom is 0.213 e. The summed E-state index contributed by atoms with van der Waals surface area (Å²) in [6.45, 7) is 4.68. The van der Waals surface area contributed by atoms with Crippen molar-refractivity contribution in [1.82, 2.24) is 10.1 Å². The molecule has 2 rings (SSSR count). The summed E-state index contributed by atoms with van der Waals surface area (Å²) in [5.74, 6) is 1.69. The topological polar surface area (TPSA) is 48.2 Å². The van der Waals surface area contributed by atoms with Crippen LogP contribution >= 0.6 is 0 Å². The van der Waals surface area contributed by atoms with Gasteiger partial charge in [-0.05, 0) is 38.3 Å². The van der Waals surface area contributed by atoms with E-state index < -0.39 is 0 Å². The predicted molar refractivity (Wildman–Crippen MR) is 102 cm³/mol. The van der Waals surface area contributed by atoms with Crippen LogP contribution in [0.1, 0.15) is 56.0 Å². The molecule has 0 bridgehead atoms. The number of allylic oxidation sites excluding steroid dienone is 3. The van der Waals surface area contributed by atoms with Crippen LogP contribution in [0.15, 0.2) is 47.1 Å². The Hall–Kier alpha value is -2.36. The van der Waals surface area contributed by atoms with Gasteiger partial charge in [0.1, 0.15) is 5.76 Å². The number of rotatable bonds is 11. The van der Waals surface area contributed by atoms with E-state index in [-0.39, 0.29) is 0 Å². The molecule has 0 unspecified atom stereocenters. The van der Waals surface area contributed by atoms with Crippen molar-refractivity contribution < 1.29 is 9.26 Å². The molecule has 2 aromatic heterocycles. The SMILES string of the molecule is C/C=C\C=C/c1ccc(OCCCCCCCc2cc(C)no2)nc1. The lowest BCUT2D eigenvalue weighted by Crippen LogP contribution is -1.99. The number of aromatic nitrogens is 2. The van der Waals surface area contributed by atoms with Gasteiger partial charge in [-0.15, -0.1) is 0 Å². The molecule has 0 aliphatic rings. The number of nitrogens with zero attached hydrogens (tertiary/aromatic N) is 2. The Morgan fingerprint density at radius 3 is 2.64 bits per heavy atom. The molecule has 2 aromatic rings. The van der Waals surface area contributed by atoms with Crippen molar-refractivity contribution in [1.29, 1.82) is 0 Å². The molecule has 0 fully saturated rings. The van der Waals surface area contributed by atoms with Gasteiger partial charge in [-0.25, -0.2) is 4.98 Å². The summed E-state index contributed by atoms with van der Waals surface area (Å²) in [5.41, 5.74) is 2.04. The highest BCUT2D eigenvalue weighted by molar-refractivity contribution is 5.50. The molecule has 0 atom stereocenters. The van der Waals surface area contributed by atoms with E-state index in [0.29, 0.717) is 5.88 Å². The van der Waals surface area contributed by atoms with Crippen LogP contribution in [0.5, 0.6) is 5.88 Å². The first-order chi connectivity index (χ1) is 12.3. The van der Waals surface area contributed by atoms with Crippen LogP contribution in [0.25, 0.3) is 6.08 Å². The highest BCUT2D eigenvalue weighted by atomic mass is 16.5. The Kier molecular flexibility index (Phi) is 8.53. The minimum Gasteiger partial charge on any atom is -0.478 e. The third-order valence-electron chi connectivity index (χ3n) is 3.85. The first kappa shape index (κ1) is 19.0. The van der Waals surface area contributed by atoms with E-state index in [9.17, 15) is 0 Å². The summed E-state index contributed by atoms with van der Waals surface area (Å²) >= 11 is 0. The Morgan fingerprint density at radius 2 is 1.92 bits per heavy atom. The Morgan fingerprint density at radius 1 is 1.08 bits per heavy atom. The van der Waals surface area contributed by atoms with Crippen LogP contribution in [-0.4, -0.2) is 16.7 Å². The van der Waals surface area contributed by atoms with Crippen molar-refractivity contribution >= 4 is 6.08 Å². The summed E-state index contributed by atoms with van der Waals surface area (Å²) in [4.78, 5) is 4.33. The lowest BCUT2D eigenvalue weighted by molar-refractivity contribution is 0.293. The largest absolute Gasteiger partial charge is 0.478 e. The van der Waals surface area contributed by atoms with Crippen LogP contribution in [0.3, 0.4) is 0 Å². The second-order valence-corrected chi connectivity index (χ2v) is 6.12. The first-order valence-corrected chi connectivity index (χ1v) is 9.08. The van der Waals surface area contributed by atoms with Crippen molar-refractivity contribution in [2.45, 2.75) is 52.4 Å². The fourth-order valence-electron chi connectivity index (χ4n) is 2.50. The van der Waals surface area contributed by atoms with E-state index in [1.165, 1.54) is 19.3 Å². The number of ether oxygens (including phenoxy) is 1. The number of aryl methyl sites for hydroxylation is 2. The minimum atomic E-state index is 0.698. The molecule has 0 N–H and O–H groups in total. The van der Waals surface area contributed by atoms with Crippen molar-refractivity contribution in [3.63, 3.8) is 0 Å². The van der Waals surface area contributed by atoms with Gasteiger partial charge in [-0.3, -0.25) is 0 Å². The number of pyridine rings is 1. The lowest BCUT2D eigenvalue weighted by Gasteiger charge is -2.05. The molecule has 2 heterocycles. The molecule has 4 nitrogen and oxygen atoms in total. The number of hydrogen-bond acceptors (Lipinski definition) is 4. The van der Waals surface area contributed by atoms with E-state index in [1.54, 1.807) is 0 Å². The van der Waals surface area contributed by atoms with Gasteiger partial charge in [0, 0.05) is 24.8 Å². The summed E-state index contributed by atoms with van der Waals surface area (Å²) in [7, 11) is 0. The molecule has 4 heteroatoms. The Balaban J connectivity index is 1.51. The highest BCUT2D eigenvalue weighted by Crippen LogP contribution is 2.12. The van der Waals surface area contributed by atoms with Gasteiger partial charge >= 0.3 is 0 Å². The molecular formula is C21H28N2O2. The molecule has 0 aliphatic heterocycles. The molecule has 0 amide bonds. The Labute approximate surface area is 150 Å². The number of unbranched alkanes of at least 4 members (excludes halogenated alkanes) is 4. The first-order valence-electron chi connectivity index (χ1n) is 9.08. The van der Waals surface area contributed by atoms with Crippen molar-refractivity contribution in [3.8, 4) is 5.88 Å². The highest BCUT2D eigenvalue weighted by Gasteiger charge is 2.00. The second-order valence-electron chi connectivity index (χ2n) is 6.12. The summed E-state index contributed by atoms with van der Waals surface area (Å²) < 4.78 is 10.9. The van der Waals surface area contributed by atoms with E-state index in [2.05, 4.69) is 10.1 Å². The second kappa shape index (κ2) is 11.2. The molecule has 0 aromatic carbocycles. The van der Waals surface area contributed by atoms with Crippen LogP contribution in [0, 0.1) is 6.92 Å². The van der Waals surface area contributed by atoms with Gasteiger partial charge in [0.05, 0.1) is 12.3 Å². The normalized spacial score (nSPS) is 11.6. The average Bonchev–Trinajstić information content (AvgIpc) is 3.04. The zero-order chi connectivity index (χ0) is 17.7. The number of hydrogen-bond donors (Lipinski definition) is 0. The molecule has 25 heavy (non-hydrogen) atoms. The van der Waals surface area contributed by atoms with E-state index in [4.69, 9.17) is 9.26 Å². The fraction of sp³-hybridized carbons (Fsp3) is 0.429. The van der Waals surface area contributed by atoms with Gasteiger partial charge in [0.2, 0.25) is 5.88 Å².